The summed E-state index contributed by atoms with van der Waals surface area (Å²) in [6, 6.07) is 19.4. The van der Waals surface area contributed by atoms with Gasteiger partial charge in [0.05, 0.1) is 21.8 Å². The number of phenolic OH excluding ortho intramolecular Hbond substituents is 2. The second-order valence-corrected chi connectivity index (χ2v) is 7.59. The van der Waals surface area contributed by atoms with Gasteiger partial charge in [-0.3, -0.25) is 9.69 Å². The van der Waals surface area contributed by atoms with Gasteiger partial charge >= 0.3 is 5.97 Å². The standard InChI is InChI=1S/C23H16N2O5S/c26-18-10-9-14(11-19(18)27)12-20-21(28)25(17-7-2-1-3-8-17)23(31-20)24-16-6-4-5-15(13-16)22(29)30/h1-13,26-27H,(H,29,30)/b20-12-,24-23?. The fourth-order valence-corrected chi connectivity index (χ4v) is 3.95. The van der Waals surface area contributed by atoms with Crippen molar-refractivity contribution in [3.8, 4) is 11.5 Å². The van der Waals surface area contributed by atoms with Crippen LogP contribution in [0.25, 0.3) is 6.08 Å². The molecule has 1 aliphatic heterocycles. The highest BCUT2D eigenvalue weighted by atomic mass is 32.2. The van der Waals surface area contributed by atoms with Crippen molar-refractivity contribution in [3.05, 3.63) is 88.8 Å². The van der Waals surface area contributed by atoms with Gasteiger partial charge in [0, 0.05) is 0 Å². The number of amidine groups is 1. The maximum atomic E-state index is 13.2. The summed E-state index contributed by atoms with van der Waals surface area (Å²) in [4.78, 5) is 30.8. The van der Waals surface area contributed by atoms with Gasteiger partial charge in [-0.05, 0) is 65.9 Å². The van der Waals surface area contributed by atoms with E-state index in [4.69, 9.17) is 0 Å². The molecule has 3 N–H and O–H groups in total. The molecule has 0 saturated carbocycles. The van der Waals surface area contributed by atoms with Crippen LogP contribution in [-0.2, 0) is 4.79 Å². The van der Waals surface area contributed by atoms with Crippen molar-refractivity contribution >= 4 is 46.3 Å². The number of aliphatic imine (C=N–C) groups is 1. The Morgan fingerprint density at radius 2 is 1.71 bits per heavy atom. The van der Waals surface area contributed by atoms with Gasteiger partial charge in [-0.25, -0.2) is 9.79 Å². The van der Waals surface area contributed by atoms with E-state index in [2.05, 4.69) is 4.99 Å². The number of thioether (sulfide) groups is 1. The summed E-state index contributed by atoms with van der Waals surface area (Å²) in [7, 11) is 0. The van der Waals surface area contributed by atoms with E-state index in [0.29, 0.717) is 27.0 Å². The minimum absolute atomic E-state index is 0.0952. The van der Waals surface area contributed by atoms with Gasteiger partial charge < -0.3 is 15.3 Å². The summed E-state index contributed by atoms with van der Waals surface area (Å²) >= 11 is 1.13. The summed E-state index contributed by atoms with van der Waals surface area (Å²) in [5, 5.41) is 28.8. The average Bonchev–Trinajstić information content (AvgIpc) is 3.06. The van der Waals surface area contributed by atoms with Crippen LogP contribution in [0.1, 0.15) is 15.9 Å². The monoisotopic (exact) mass is 432 g/mol. The molecule has 1 amide bonds. The minimum atomic E-state index is -1.06. The highest BCUT2D eigenvalue weighted by Crippen LogP contribution is 2.38. The number of rotatable bonds is 4. The fourth-order valence-electron chi connectivity index (χ4n) is 2.95. The highest BCUT2D eigenvalue weighted by Gasteiger charge is 2.34. The van der Waals surface area contributed by atoms with E-state index in [0.717, 1.165) is 11.8 Å². The molecule has 31 heavy (non-hydrogen) atoms. The van der Waals surface area contributed by atoms with Gasteiger partial charge in [0.2, 0.25) is 0 Å². The third kappa shape index (κ3) is 4.29. The lowest BCUT2D eigenvalue weighted by Gasteiger charge is -2.15. The van der Waals surface area contributed by atoms with Crippen molar-refractivity contribution in [2.75, 3.05) is 4.90 Å². The summed E-state index contributed by atoms with van der Waals surface area (Å²) < 4.78 is 0. The van der Waals surface area contributed by atoms with Crippen molar-refractivity contribution < 1.29 is 24.9 Å². The van der Waals surface area contributed by atoms with Crippen LogP contribution in [0.5, 0.6) is 11.5 Å². The zero-order valence-electron chi connectivity index (χ0n) is 16.0. The Kier molecular flexibility index (Phi) is 5.46. The van der Waals surface area contributed by atoms with E-state index >= 15 is 0 Å². The molecule has 3 aromatic carbocycles. The SMILES string of the molecule is O=C(O)c1cccc(N=C2S/C(=C\c3ccc(O)c(O)c3)C(=O)N2c2ccccc2)c1. The van der Waals surface area contributed by atoms with E-state index in [1.54, 1.807) is 48.5 Å². The minimum Gasteiger partial charge on any atom is -0.504 e. The number of amides is 1. The summed E-state index contributed by atoms with van der Waals surface area (Å²) in [6.45, 7) is 0. The maximum absolute atomic E-state index is 13.2. The van der Waals surface area contributed by atoms with Gasteiger partial charge in [0.25, 0.3) is 5.91 Å². The third-order valence-electron chi connectivity index (χ3n) is 4.44. The smallest absolute Gasteiger partial charge is 0.335 e. The fraction of sp³-hybridized carbons (Fsp3) is 0. The van der Waals surface area contributed by atoms with Gasteiger partial charge in [0.15, 0.2) is 16.7 Å². The van der Waals surface area contributed by atoms with Crippen LogP contribution in [0.3, 0.4) is 0 Å². The number of carboxylic acid groups (broad SMARTS) is 1. The molecule has 0 aromatic heterocycles. The topological polar surface area (TPSA) is 110 Å². The molecule has 154 valence electrons. The molecule has 4 rings (SSSR count). The average molecular weight is 432 g/mol. The van der Waals surface area contributed by atoms with Crippen molar-refractivity contribution in [2.45, 2.75) is 0 Å². The largest absolute Gasteiger partial charge is 0.504 e. The van der Waals surface area contributed by atoms with Crippen LogP contribution >= 0.6 is 11.8 Å². The molecule has 3 aromatic rings. The highest BCUT2D eigenvalue weighted by molar-refractivity contribution is 8.19. The third-order valence-corrected chi connectivity index (χ3v) is 5.40. The molecule has 0 aliphatic carbocycles. The Morgan fingerprint density at radius 1 is 0.935 bits per heavy atom. The zero-order chi connectivity index (χ0) is 22.0. The molecular formula is C23H16N2O5S. The van der Waals surface area contributed by atoms with Gasteiger partial charge in [-0.15, -0.1) is 0 Å². The number of para-hydroxylation sites is 1. The second kappa shape index (κ2) is 8.37. The number of carboxylic acids is 1. The van der Waals surface area contributed by atoms with Crippen molar-refractivity contribution in [3.63, 3.8) is 0 Å². The van der Waals surface area contributed by atoms with Crippen LogP contribution in [-0.4, -0.2) is 32.4 Å². The van der Waals surface area contributed by atoms with Crippen LogP contribution in [0.4, 0.5) is 11.4 Å². The summed E-state index contributed by atoms with van der Waals surface area (Å²) in [6.07, 6.45) is 1.60. The number of hydrogen-bond donors (Lipinski definition) is 3. The Hall–Kier alpha value is -4.04. The van der Waals surface area contributed by atoms with Crippen molar-refractivity contribution in [1.29, 1.82) is 0 Å². The van der Waals surface area contributed by atoms with E-state index in [1.165, 1.54) is 29.2 Å². The Labute approximate surface area is 181 Å². The number of carbonyl (C=O) groups excluding carboxylic acids is 1. The first-order chi connectivity index (χ1) is 14.9. The Bertz CT molecular complexity index is 1240. The number of carbonyl (C=O) groups is 2. The first-order valence-electron chi connectivity index (χ1n) is 9.15. The van der Waals surface area contributed by atoms with Gasteiger partial charge in [-0.2, -0.15) is 0 Å². The molecule has 0 bridgehead atoms. The van der Waals surface area contributed by atoms with E-state index in [1.807, 2.05) is 6.07 Å². The first-order valence-corrected chi connectivity index (χ1v) is 9.97. The lowest BCUT2D eigenvalue weighted by molar-refractivity contribution is -0.113. The van der Waals surface area contributed by atoms with Crippen LogP contribution < -0.4 is 4.90 Å². The second-order valence-electron chi connectivity index (χ2n) is 6.58. The van der Waals surface area contributed by atoms with Gasteiger partial charge in [-0.1, -0.05) is 30.3 Å². The number of nitrogens with zero attached hydrogens (tertiary/aromatic N) is 2. The molecule has 1 saturated heterocycles. The van der Waals surface area contributed by atoms with E-state index in [9.17, 15) is 24.9 Å². The molecule has 1 heterocycles. The number of anilines is 1. The van der Waals surface area contributed by atoms with Crippen molar-refractivity contribution in [1.82, 2.24) is 0 Å². The molecule has 8 heteroatoms. The predicted molar refractivity (Wildman–Crippen MR) is 120 cm³/mol. The quantitative estimate of drug-likeness (QED) is 0.410. The van der Waals surface area contributed by atoms with E-state index < -0.39 is 5.97 Å². The van der Waals surface area contributed by atoms with Crippen LogP contribution in [0.2, 0.25) is 0 Å². The molecule has 1 aliphatic rings. The molecule has 0 radical (unpaired) electrons. The molecule has 1 fully saturated rings. The predicted octanol–water partition coefficient (Wildman–Crippen LogP) is 4.60. The molecular weight excluding hydrogens is 416 g/mol. The van der Waals surface area contributed by atoms with Crippen LogP contribution in [0.15, 0.2) is 82.7 Å². The first kappa shape index (κ1) is 20.2. The number of aromatic carboxylic acids is 1. The molecule has 0 atom stereocenters. The van der Waals surface area contributed by atoms with Crippen LogP contribution in [0, 0.1) is 0 Å². The number of benzene rings is 3. The normalized spacial score (nSPS) is 16.3. The zero-order valence-corrected chi connectivity index (χ0v) is 16.8. The lowest BCUT2D eigenvalue weighted by Crippen LogP contribution is -2.28. The van der Waals surface area contributed by atoms with Crippen molar-refractivity contribution in [2.24, 2.45) is 4.99 Å². The molecule has 0 unspecified atom stereocenters. The number of phenols is 2. The number of aromatic hydroxyl groups is 2. The lowest BCUT2D eigenvalue weighted by atomic mass is 10.2. The van der Waals surface area contributed by atoms with E-state index in [-0.39, 0.29) is 23.0 Å². The maximum Gasteiger partial charge on any atom is 0.335 e. The Balaban J connectivity index is 1.78. The molecule has 7 nitrogen and oxygen atoms in total. The molecule has 0 spiro atoms. The number of hydrogen-bond acceptors (Lipinski definition) is 6. The summed E-state index contributed by atoms with van der Waals surface area (Å²) in [5.41, 5.74) is 1.65. The summed E-state index contributed by atoms with van der Waals surface area (Å²) in [5.74, 6) is -1.91. The van der Waals surface area contributed by atoms with Gasteiger partial charge in [0.1, 0.15) is 0 Å². The Morgan fingerprint density at radius 3 is 2.42 bits per heavy atom.